The summed E-state index contributed by atoms with van der Waals surface area (Å²) in [6, 6.07) is 8.82. The van der Waals surface area contributed by atoms with Crippen LogP contribution in [-0.4, -0.2) is 26.3 Å². The van der Waals surface area contributed by atoms with Gasteiger partial charge in [-0.15, -0.1) is 0 Å². The van der Waals surface area contributed by atoms with Gasteiger partial charge >= 0.3 is 0 Å². The first-order chi connectivity index (χ1) is 8.13. The van der Waals surface area contributed by atoms with Crippen molar-refractivity contribution in [2.24, 2.45) is 0 Å². The van der Waals surface area contributed by atoms with Crippen LogP contribution in [0.4, 0.5) is 0 Å². The van der Waals surface area contributed by atoms with E-state index in [0.717, 1.165) is 19.6 Å². The topological polar surface area (TPSA) is 21.3 Å². The maximum Gasteiger partial charge on any atom is 0.0518 e. The molecule has 1 N–H and O–H groups in total. The van der Waals surface area contributed by atoms with Gasteiger partial charge in [-0.25, -0.2) is 0 Å². The Labute approximate surface area is 105 Å². The molecule has 1 unspecified atom stereocenters. The Balaban J connectivity index is 2.55. The van der Waals surface area contributed by atoms with E-state index in [-0.39, 0.29) is 0 Å². The van der Waals surface area contributed by atoms with Gasteiger partial charge in [0.2, 0.25) is 0 Å². The number of hydrogen-bond donors (Lipinski definition) is 1. The third kappa shape index (κ3) is 5.33. The molecule has 0 fully saturated rings. The summed E-state index contributed by atoms with van der Waals surface area (Å²) in [6.45, 7) is 8.12. The van der Waals surface area contributed by atoms with E-state index >= 15 is 0 Å². The van der Waals surface area contributed by atoms with E-state index in [9.17, 15) is 0 Å². The monoisotopic (exact) mass is 235 g/mol. The van der Waals surface area contributed by atoms with Crippen LogP contribution in [0.2, 0.25) is 0 Å². The van der Waals surface area contributed by atoms with Crippen LogP contribution in [0, 0.1) is 6.92 Å². The van der Waals surface area contributed by atoms with Crippen LogP contribution in [0.1, 0.15) is 37.3 Å². The Morgan fingerprint density at radius 3 is 2.35 bits per heavy atom. The molecule has 0 radical (unpaired) electrons. The van der Waals surface area contributed by atoms with E-state index in [1.54, 1.807) is 0 Å². The smallest absolute Gasteiger partial charge is 0.0518 e. The lowest BCUT2D eigenvalue weighted by Crippen LogP contribution is -2.19. The van der Waals surface area contributed by atoms with Crippen molar-refractivity contribution in [1.29, 1.82) is 0 Å². The molecule has 0 aromatic heterocycles. The van der Waals surface area contributed by atoms with Gasteiger partial charge in [-0.3, -0.25) is 0 Å². The number of hydrogen-bond acceptors (Lipinski definition) is 2. The molecule has 0 aliphatic heterocycles. The summed E-state index contributed by atoms with van der Waals surface area (Å²) in [5, 5.41) is 3.26. The normalized spacial score (nSPS) is 13.0. The molecule has 0 saturated heterocycles. The average Bonchev–Trinajstić information content (AvgIpc) is 2.29. The van der Waals surface area contributed by atoms with Gasteiger partial charge in [0.25, 0.3) is 0 Å². The minimum absolute atomic E-state index is 0.322. The van der Waals surface area contributed by atoms with Crippen LogP contribution in [0.3, 0.4) is 0 Å². The molecule has 17 heavy (non-hydrogen) atoms. The zero-order valence-electron chi connectivity index (χ0n) is 11.5. The minimum atomic E-state index is 0.322. The number of ether oxygens (including phenoxy) is 1. The van der Waals surface area contributed by atoms with E-state index in [2.05, 4.69) is 50.4 Å². The lowest BCUT2D eigenvalue weighted by molar-refractivity contribution is 0.0734. The summed E-state index contributed by atoms with van der Waals surface area (Å²) in [5.41, 5.74) is 2.72. The summed E-state index contributed by atoms with van der Waals surface area (Å²) in [5.74, 6) is 0.541. The molecule has 0 bridgehead atoms. The molecule has 0 heterocycles. The maximum atomic E-state index is 5.64. The molecule has 0 amide bonds. The average molecular weight is 235 g/mol. The molecule has 0 aliphatic carbocycles. The summed E-state index contributed by atoms with van der Waals surface area (Å²) in [6.07, 6.45) is 1.39. The van der Waals surface area contributed by atoms with Crippen LogP contribution < -0.4 is 5.32 Å². The summed E-state index contributed by atoms with van der Waals surface area (Å²) < 4.78 is 5.64. The Bertz CT molecular complexity index is 305. The quantitative estimate of drug-likeness (QED) is 0.784. The van der Waals surface area contributed by atoms with Crippen molar-refractivity contribution in [3.63, 3.8) is 0 Å². The highest BCUT2D eigenvalue weighted by molar-refractivity contribution is 5.24. The largest absolute Gasteiger partial charge is 0.379 e. The molecule has 2 nitrogen and oxygen atoms in total. The third-order valence-corrected chi connectivity index (χ3v) is 2.92. The predicted octanol–water partition coefficient (Wildman–Crippen LogP) is 3.11. The lowest BCUT2D eigenvalue weighted by Gasteiger charge is -2.18. The van der Waals surface area contributed by atoms with E-state index in [0.29, 0.717) is 12.0 Å². The second-order valence-corrected chi connectivity index (χ2v) is 4.87. The molecule has 1 aromatic rings. The third-order valence-electron chi connectivity index (χ3n) is 2.92. The first-order valence-electron chi connectivity index (χ1n) is 6.46. The Kier molecular flexibility index (Phi) is 6.23. The Morgan fingerprint density at radius 2 is 1.82 bits per heavy atom. The van der Waals surface area contributed by atoms with Gasteiger partial charge in [-0.2, -0.15) is 0 Å². The van der Waals surface area contributed by atoms with Gasteiger partial charge in [0.1, 0.15) is 0 Å². The first kappa shape index (κ1) is 14.2. The second-order valence-electron chi connectivity index (χ2n) is 4.87. The standard InChI is InChI=1S/C15H25NO/c1-12(2)17-10-9-15(11-16-4)14-7-5-13(3)6-8-14/h5-8,12,15-16H,9-11H2,1-4H3. The van der Waals surface area contributed by atoms with Crippen LogP contribution in [0.5, 0.6) is 0 Å². The van der Waals surface area contributed by atoms with E-state index < -0.39 is 0 Å². The van der Waals surface area contributed by atoms with Crippen molar-refractivity contribution >= 4 is 0 Å². The number of likely N-dealkylation sites (N-methyl/N-ethyl adjacent to an activating group) is 1. The van der Waals surface area contributed by atoms with Crippen LogP contribution in [-0.2, 0) is 4.74 Å². The van der Waals surface area contributed by atoms with Gasteiger partial charge in [0.15, 0.2) is 0 Å². The Hall–Kier alpha value is -0.860. The van der Waals surface area contributed by atoms with Gasteiger partial charge in [-0.1, -0.05) is 29.8 Å². The molecule has 0 aliphatic rings. The van der Waals surface area contributed by atoms with Crippen molar-refractivity contribution in [2.75, 3.05) is 20.2 Å². The highest BCUT2D eigenvalue weighted by atomic mass is 16.5. The van der Waals surface area contributed by atoms with Crippen molar-refractivity contribution in [3.8, 4) is 0 Å². The zero-order chi connectivity index (χ0) is 12.7. The molecule has 1 atom stereocenters. The lowest BCUT2D eigenvalue weighted by atomic mass is 9.95. The van der Waals surface area contributed by atoms with Crippen LogP contribution >= 0.6 is 0 Å². The van der Waals surface area contributed by atoms with E-state index in [4.69, 9.17) is 4.74 Å². The second kappa shape index (κ2) is 7.46. The van der Waals surface area contributed by atoms with Crippen LogP contribution in [0.25, 0.3) is 0 Å². The highest BCUT2D eigenvalue weighted by Crippen LogP contribution is 2.19. The fourth-order valence-electron chi connectivity index (χ4n) is 1.92. The van der Waals surface area contributed by atoms with Gasteiger partial charge in [0.05, 0.1) is 6.10 Å². The van der Waals surface area contributed by atoms with E-state index in [1.807, 2.05) is 7.05 Å². The molecule has 1 rings (SSSR count). The fraction of sp³-hybridized carbons (Fsp3) is 0.600. The predicted molar refractivity (Wildman–Crippen MR) is 73.6 cm³/mol. The van der Waals surface area contributed by atoms with Gasteiger partial charge in [0, 0.05) is 13.2 Å². The molecule has 1 aromatic carbocycles. The highest BCUT2D eigenvalue weighted by Gasteiger charge is 2.10. The summed E-state index contributed by atoms with van der Waals surface area (Å²) in [7, 11) is 2.00. The summed E-state index contributed by atoms with van der Waals surface area (Å²) in [4.78, 5) is 0. The Morgan fingerprint density at radius 1 is 1.18 bits per heavy atom. The van der Waals surface area contributed by atoms with Crippen molar-refractivity contribution in [3.05, 3.63) is 35.4 Å². The van der Waals surface area contributed by atoms with Crippen molar-refractivity contribution < 1.29 is 4.74 Å². The molecule has 96 valence electrons. The van der Waals surface area contributed by atoms with Crippen molar-refractivity contribution in [1.82, 2.24) is 5.32 Å². The number of aryl methyl sites for hydroxylation is 1. The number of nitrogens with one attached hydrogen (secondary N) is 1. The molecule has 0 saturated carbocycles. The minimum Gasteiger partial charge on any atom is -0.379 e. The van der Waals surface area contributed by atoms with E-state index in [1.165, 1.54) is 11.1 Å². The number of benzene rings is 1. The molecular formula is C15H25NO. The molecular weight excluding hydrogens is 210 g/mol. The fourth-order valence-corrected chi connectivity index (χ4v) is 1.92. The van der Waals surface area contributed by atoms with Crippen molar-refractivity contribution in [2.45, 2.75) is 39.2 Å². The number of rotatable bonds is 7. The van der Waals surface area contributed by atoms with Gasteiger partial charge in [-0.05, 0) is 45.7 Å². The summed E-state index contributed by atoms with van der Waals surface area (Å²) >= 11 is 0. The maximum absolute atomic E-state index is 5.64. The van der Waals surface area contributed by atoms with Gasteiger partial charge < -0.3 is 10.1 Å². The zero-order valence-corrected chi connectivity index (χ0v) is 11.5. The SMILES string of the molecule is CNCC(CCOC(C)C)c1ccc(C)cc1. The molecule has 2 heteroatoms. The van der Waals surface area contributed by atoms with Crippen LogP contribution in [0.15, 0.2) is 24.3 Å². The molecule has 0 spiro atoms. The first-order valence-corrected chi connectivity index (χ1v) is 6.46.